The summed E-state index contributed by atoms with van der Waals surface area (Å²) in [5.41, 5.74) is 9.62. The van der Waals surface area contributed by atoms with Gasteiger partial charge in [0.15, 0.2) is 0 Å². The van der Waals surface area contributed by atoms with Gasteiger partial charge in [0.2, 0.25) is 0 Å². The van der Waals surface area contributed by atoms with E-state index in [1.165, 1.54) is 49.2 Å². The van der Waals surface area contributed by atoms with E-state index in [0.29, 0.717) is 0 Å². The highest BCUT2D eigenvalue weighted by Gasteiger charge is 2.17. The molecule has 0 saturated heterocycles. The highest BCUT2D eigenvalue weighted by molar-refractivity contribution is 6.23. The lowest BCUT2D eigenvalue weighted by Gasteiger charge is -2.07. The minimum atomic E-state index is 0.999. The number of aromatic nitrogens is 2. The van der Waals surface area contributed by atoms with Crippen molar-refractivity contribution in [2.45, 2.75) is 6.92 Å². The molecule has 0 aliphatic carbocycles. The lowest BCUT2D eigenvalue weighted by atomic mass is 10.0. The third-order valence-electron chi connectivity index (χ3n) is 6.74. The van der Waals surface area contributed by atoms with E-state index in [1.54, 1.807) is 0 Å². The Hall–Kier alpha value is -4.17. The van der Waals surface area contributed by atoms with Crippen LogP contribution in [-0.4, -0.2) is 9.38 Å². The maximum Gasteiger partial charge on any atom is 0.0702 e. The van der Waals surface area contributed by atoms with Gasteiger partial charge >= 0.3 is 0 Å². The molecule has 0 radical (unpaired) electrons. The molecule has 0 atom stereocenters. The minimum Gasteiger partial charge on any atom is -0.308 e. The van der Waals surface area contributed by atoms with Gasteiger partial charge < -0.3 is 4.40 Å². The highest BCUT2D eigenvalue weighted by atomic mass is 14.9. The second kappa shape index (κ2) is 6.41. The lowest BCUT2D eigenvalue weighted by molar-refractivity contribution is 1.32. The molecule has 0 saturated carbocycles. The molecule has 3 aromatic heterocycles. The monoisotopic (exact) mass is 408 g/mol. The fourth-order valence-electron chi connectivity index (χ4n) is 5.21. The summed E-state index contributed by atoms with van der Waals surface area (Å²) in [5, 5.41) is 5.20. The molecule has 0 aliphatic rings. The summed E-state index contributed by atoms with van der Waals surface area (Å²) < 4.78 is 2.41. The van der Waals surface area contributed by atoms with Crippen LogP contribution in [0, 0.1) is 6.92 Å². The molecule has 0 bridgehead atoms. The first-order valence-corrected chi connectivity index (χ1v) is 11.0. The Morgan fingerprint density at radius 3 is 2.16 bits per heavy atom. The smallest absolute Gasteiger partial charge is 0.0702 e. The van der Waals surface area contributed by atoms with Gasteiger partial charge in [-0.2, -0.15) is 0 Å². The predicted molar refractivity (Wildman–Crippen MR) is 135 cm³/mol. The largest absolute Gasteiger partial charge is 0.308 e. The average Bonchev–Trinajstić information content (AvgIpc) is 3.36. The standard InChI is InChI=1S/C30H20N2/c1-19-7-2-3-8-22(19)21-13-15-27(31-18-21)20-14-16-29-26(17-20)25-11-6-10-24-23-9-4-5-12-28(23)32(29)30(24)25/h2-18H,1H3. The maximum absolute atomic E-state index is 4.82. The Balaban J connectivity index is 1.43. The lowest BCUT2D eigenvalue weighted by Crippen LogP contribution is -1.87. The van der Waals surface area contributed by atoms with Gasteiger partial charge in [-0.3, -0.25) is 4.98 Å². The molecule has 2 heteroatoms. The van der Waals surface area contributed by atoms with Gasteiger partial charge in [-0.1, -0.05) is 72.8 Å². The quantitative estimate of drug-likeness (QED) is 0.284. The Bertz CT molecular complexity index is 1770. The summed E-state index contributed by atoms with van der Waals surface area (Å²) in [7, 11) is 0. The van der Waals surface area contributed by atoms with E-state index < -0.39 is 0 Å². The number of benzene rings is 4. The summed E-state index contributed by atoms with van der Waals surface area (Å²) in [4.78, 5) is 4.82. The molecule has 0 N–H and O–H groups in total. The van der Waals surface area contributed by atoms with Crippen molar-refractivity contribution in [1.29, 1.82) is 0 Å². The van der Waals surface area contributed by atoms with Crippen LogP contribution >= 0.6 is 0 Å². The zero-order valence-corrected chi connectivity index (χ0v) is 17.7. The topological polar surface area (TPSA) is 17.3 Å². The molecule has 0 fully saturated rings. The summed E-state index contributed by atoms with van der Waals surface area (Å²) in [6.07, 6.45) is 1.99. The summed E-state index contributed by atoms with van der Waals surface area (Å²) in [6, 6.07) is 34.8. The van der Waals surface area contributed by atoms with Crippen molar-refractivity contribution >= 4 is 38.1 Å². The first kappa shape index (κ1) is 17.5. The van der Waals surface area contributed by atoms with Gasteiger partial charge in [-0.25, -0.2) is 0 Å². The molecule has 4 aromatic carbocycles. The predicted octanol–water partition coefficient (Wildman–Crippen LogP) is 7.87. The molecule has 0 amide bonds. The van der Waals surface area contributed by atoms with E-state index >= 15 is 0 Å². The third kappa shape index (κ3) is 2.32. The molecule has 0 spiro atoms. The summed E-state index contributed by atoms with van der Waals surface area (Å²) >= 11 is 0. The van der Waals surface area contributed by atoms with E-state index in [1.807, 2.05) is 6.20 Å². The molecule has 7 rings (SSSR count). The molecular weight excluding hydrogens is 388 g/mol. The Labute approximate surface area is 185 Å². The Kier molecular flexibility index (Phi) is 3.51. The third-order valence-corrected chi connectivity index (χ3v) is 6.74. The van der Waals surface area contributed by atoms with Gasteiger partial charge in [-0.15, -0.1) is 0 Å². The van der Waals surface area contributed by atoms with Crippen molar-refractivity contribution in [3.63, 3.8) is 0 Å². The Morgan fingerprint density at radius 1 is 0.594 bits per heavy atom. The van der Waals surface area contributed by atoms with Crippen molar-refractivity contribution in [3.8, 4) is 22.4 Å². The van der Waals surface area contributed by atoms with E-state index in [9.17, 15) is 0 Å². The first-order chi connectivity index (χ1) is 15.8. The molecule has 0 aliphatic heterocycles. The molecule has 0 unspecified atom stereocenters. The maximum atomic E-state index is 4.82. The zero-order chi connectivity index (χ0) is 21.2. The number of nitrogens with zero attached hydrogens (tertiary/aromatic N) is 2. The number of fused-ring (bicyclic) bond motifs is 6. The van der Waals surface area contributed by atoms with Gasteiger partial charge in [0, 0.05) is 38.9 Å². The van der Waals surface area contributed by atoms with Crippen LogP contribution in [0.5, 0.6) is 0 Å². The van der Waals surface area contributed by atoms with Crippen LogP contribution in [0.3, 0.4) is 0 Å². The van der Waals surface area contributed by atoms with Crippen molar-refractivity contribution in [2.75, 3.05) is 0 Å². The summed E-state index contributed by atoms with van der Waals surface area (Å²) in [6.45, 7) is 2.14. The van der Waals surface area contributed by atoms with Gasteiger partial charge in [0.1, 0.15) is 0 Å². The first-order valence-electron chi connectivity index (χ1n) is 11.0. The zero-order valence-electron chi connectivity index (χ0n) is 17.7. The fourth-order valence-corrected chi connectivity index (χ4v) is 5.21. The van der Waals surface area contributed by atoms with Crippen LogP contribution in [0.4, 0.5) is 0 Å². The number of hydrogen-bond acceptors (Lipinski definition) is 1. The van der Waals surface area contributed by atoms with Crippen molar-refractivity contribution in [2.24, 2.45) is 0 Å². The average molecular weight is 409 g/mol. The van der Waals surface area contributed by atoms with E-state index in [4.69, 9.17) is 4.98 Å². The molecule has 32 heavy (non-hydrogen) atoms. The van der Waals surface area contributed by atoms with Gasteiger partial charge in [0.05, 0.1) is 22.2 Å². The second-order valence-electron chi connectivity index (χ2n) is 8.53. The van der Waals surface area contributed by atoms with Crippen LogP contribution in [0.1, 0.15) is 5.56 Å². The minimum absolute atomic E-state index is 0.999. The summed E-state index contributed by atoms with van der Waals surface area (Å²) in [5.74, 6) is 0. The van der Waals surface area contributed by atoms with Crippen LogP contribution in [0.2, 0.25) is 0 Å². The molecule has 2 nitrogen and oxygen atoms in total. The molecule has 150 valence electrons. The van der Waals surface area contributed by atoms with E-state index in [2.05, 4.69) is 108 Å². The van der Waals surface area contributed by atoms with Gasteiger partial charge in [0.25, 0.3) is 0 Å². The molecule has 3 heterocycles. The molecular formula is C30H20N2. The van der Waals surface area contributed by atoms with Crippen molar-refractivity contribution in [3.05, 3.63) is 109 Å². The molecule has 7 aromatic rings. The van der Waals surface area contributed by atoms with Crippen molar-refractivity contribution < 1.29 is 0 Å². The normalized spacial score (nSPS) is 11.9. The number of aryl methyl sites for hydroxylation is 1. The van der Waals surface area contributed by atoms with E-state index in [0.717, 1.165) is 16.8 Å². The van der Waals surface area contributed by atoms with E-state index in [-0.39, 0.29) is 0 Å². The number of rotatable bonds is 2. The number of hydrogen-bond donors (Lipinski definition) is 0. The second-order valence-corrected chi connectivity index (χ2v) is 8.53. The van der Waals surface area contributed by atoms with Crippen LogP contribution in [0.25, 0.3) is 60.5 Å². The Morgan fingerprint density at radius 2 is 1.31 bits per heavy atom. The number of para-hydroxylation sites is 2. The van der Waals surface area contributed by atoms with Crippen molar-refractivity contribution in [1.82, 2.24) is 9.38 Å². The van der Waals surface area contributed by atoms with Crippen LogP contribution < -0.4 is 0 Å². The van der Waals surface area contributed by atoms with Gasteiger partial charge in [-0.05, 0) is 42.3 Å². The highest BCUT2D eigenvalue weighted by Crippen LogP contribution is 2.39. The fraction of sp³-hybridized carbons (Fsp3) is 0.0333. The van der Waals surface area contributed by atoms with Crippen LogP contribution in [0.15, 0.2) is 103 Å². The SMILES string of the molecule is Cc1ccccc1-c1ccc(-c2ccc3c(c2)c2cccc4c5ccccc5n3c42)nc1. The number of pyridine rings is 1. The van der Waals surface area contributed by atoms with Crippen LogP contribution in [-0.2, 0) is 0 Å².